The molecule has 1 aliphatic heterocycles. The van der Waals surface area contributed by atoms with Gasteiger partial charge in [-0.1, -0.05) is 23.7 Å². The van der Waals surface area contributed by atoms with Crippen LogP contribution in [0.1, 0.15) is 17.9 Å². The van der Waals surface area contributed by atoms with E-state index in [1.807, 2.05) is 19.1 Å². The molecule has 3 rings (SSSR count). The molecule has 2 aromatic rings. The highest BCUT2D eigenvalue weighted by Gasteiger charge is 2.39. The molecule has 0 aliphatic carbocycles. The van der Waals surface area contributed by atoms with Crippen molar-refractivity contribution in [3.63, 3.8) is 0 Å². The summed E-state index contributed by atoms with van der Waals surface area (Å²) in [7, 11) is -3.75. The highest BCUT2D eigenvalue weighted by molar-refractivity contribution is 8.01. The number of benzene rings is 2. The van der Waals surface area contributed by atoms with Crippen LogP contribution in [0.25, 0.3) is 0 Å². The molecule has 0 bridgehead atoms. The SMILES string of the molecule is CC1SC(c2ccc(Cl)cc2)N(Nc2ccc(S(N)(=O)=O)cc2)C1=O. The number of primary sulfonamides is 1. The van der Waals surface area contributed by atoms with Gasteiger partial charge in [-0.25, -0.2) is 18.6 Å². The minimum Gasteiger partial charge on any atom is -0.295 e. The zero-order chi connectivity index (χ0) is 18.2. The highest BCUT2D eigenvalue weighted by Crippen LogP contribution is 2.43. The van der Waals surface area contributed by atoms with E-state index in [4.69, 9.17) is 16.7 Å². The van der Waals surface area contributed by atoms with Crippen molar-refractivity contribution in [1.29, 1.82) is 0 Å². The number of nitrogens with one attached hydrogen (secondary N) is 1. The summed E-state index contributed by atoms with van der Waals surface area (Å²) in [5.41, 5.74) is 4.59. The molecule has 0 spiro atoms. The average molecular weight is 398 g/mol. The second kappa shape index (κ2) is 6.87. The van der Waals surface area contributed by atoms with Crippen molar-refractivity contribution in [2.45, 2.75) is 22.4 Å². The lowest BCUT2D eigenvalue weighted by Crippen LogP contribution is -2.35. The Balaban J connectivity index is 1.85. The Morgan fingerprint density at radius 2 is 1.72 bits per heavy atom. The van der Waals surface area contributed by atoms with E-state index in [9.17, 15) is 13.2 Å². The first-order valence-corrected chi connectivity index (χ1v) is 10.3. The zero-order valence-corrected chi connectivity index (χ0v) is 15.6. The summed E-state index contributed by atoms with van der Waals surface area (Å²) < 4.78 is 22.7. The van der Waals surface area contributed by atoms with Gasteiger partial charge in [0.1, 0.15) is 5.37 Å². The van der Waals surface area contributed by atoms with Crippen LogP contribution in [0.2, 0.25) is 5.02 Å². The normalized spacial score (nSPS) is 20.8. The van der Waals surface area contributed by atoms with Crippen LogP contribution in [0.15, 0.2) is 53.4 Å². The van der Waals surface area contributed by atoms with Crippen molar-refractivity contribution in [2.75, 3.05) is 5.43 Å². The van der Waals surface area contributed by atoms with Gasteiger partial charge in [-0.05, 0) is 48.9 Å². The van der Waals surface area contributed by atoms with Gasteiger partial charge in [0.2, 0.25) is 10.0 Å². The number of hydrogen-bond acceptors (Lipinski definition) is 5. The van der Waals surface area contributed by atoms with Gasteiger partial charge in [0.15, 0.2) is 0 Å². The maximum absolute atomic E-state index is 12.5. The number of carbonyl (C=O) groups is 1. The summed E-state index contributed by atoms with van der Waals surface area (Å²) in [6.07, 6.45) is 0. The number of nitrogens with zero attached hydrogens (tertiary/aromatic N) is 1. The van der Waals surface area contributed by atoms with E-state index in [1.54, 1.807) is 29.3 Å². The van der Waals surface area contributed by atoms with E-state index in [1.165, 1.54) is 23.9 Å². The molecule has 3 N–H and O–H groups in total. The molecule has 1 fully saturated rings. The minimum absolute atomic E-state index is 0.0165. The van der Waals surface area contributed by atoms with Gasteiger partial charge in [-0.3, -0.25) is 10.2 Å². The Morgan fingerprint density at radius 1 is 1.12 bits per heavy atom. The van der Waals surface area contributed by atoms with Crippen molar-refractivity contribution in [2.24, 2.45) is 5.14 Å². The molecule has 25 heavy (non-hydrogen) atoms. The maximum Gasteiger partial charge on any atom is 0.255 e. The number of anilines is 1. The number of sulfonamides is 1. The molecule has 1 amide bonds. The molecule has 0 radical (unpaired) electrons. The molecular weight excluding hydrogens is 382 g/mol. The second-order valence-corrected chi connectivity index (χ2v) is 9.00. The van der Waals surface area contributed by atoms with Crippen LogP contribution in [0.3, 0.4) is 0 Å². The predicted molar refractivity (Wildman–Crippen MR) is 99.5 cm³/mol. The quantitative estimate of drug-likeness (QED) is 0.827. The number of hydrogen-bond donors (Lipinski definition) is 2. The number of nitrogens with two attached hydrogens (primary N) is 1. The standard InChI is InChI=1S/C16H16ClN3O3S2/c1-10-15(21)20(16(24-10)11-2-4-12(17)5-3-11)19-13-6-8-14(9-7-13)25(18,22)23/h2-10,16,19H,1H3,(H2,18,22,23). The van der Waals surface area contributed by atoms with Crippen LogP contribution in [-0.4, -0.2) is 24.6 Å². The van der Waals surface area contributed by atoms with Crippen LogP contribution in [0, 0.1) is 0 Å². The van der Waals surface area contributed by atoms with Gasteiger partial charge in [-0.2, -0.15) is 0 Å². The zero-order valence-electron chi connectivity index (χ0n) is 13.2. The first-order valence-electron chi connectivity index (χ1n) is 7.39. The monoisotopic (exact) mass is 397 g/mol. The van der Waals surface area contributed by atoms with Gasteiger partial charge < -0.3 is 0 Å². The Kier molecular flexibility index (Phi) is 4.97. The number of thioether (sulfide) groups is 1. The number of rotatable bonds is 4. The Labute approximate surface area is 155 Å². The summed E-state index contributed by atoms with van der Waals surface area (Å²) in [4.78, 5) is 12.5. The van der Waals surface area contributed by atoms with Crippen LogP contribution in [0.4, 0.5) is 5.69 Å². The summed E-state index contributed by atoms with van der Waals surface area (Å²) in [5, 5.41) is 6.86. The van der Waals surface area contributed by atoms with Gasteiger partial charge in [0.05, 0.1) is 15.8 Å². The third-order valence-corrected chi connectivity index (χ3v) is 6.27. The van der Waals surface area contributed by atoms with Crippen molar-refractivity contribution < 1.29 is 13.2 Å². The van der Waals surface area contributed by atoms with Gasteiger partial charge in [-0.15, -0.1) is 11.8 Å². The lowest BCUT2D eigenvalue weighted by molar-refractivity contribution is -0.128. The summed E-state index contributed by atoms with van der Waals surface area (Å²) in [6.45, 7) is 1.85. The average Bonchev–Trinajstić information content (AvgIpc) is 2.84. The Hall–Kier alpha value is -1.74. The van der Waals surface area contributed by atoms with Crippen molar-refractivity contribution >= 4 is 45.0 Å². The molecule has 0 aromatic heterocycles. The number of carbonyl (C=O) groups excluding carboxylic acids is 1. The smallest absolute Gasteiger partial charge is 0.255 e. The summed E-state index contributed by atoms with van der Waals surface area (Å²) >= 11 is 7.45. The minimum atomic E-state index is -3.75. The van der Waals surface area contributed by atoms with E-state index in [-0.39, 0.29) is 21.4 Å². The Bertz CT molecular complexity index is 886. The van der Waals surface area contributed by atoms with Crippen molar-refractivity contribution in [3.05, 3.63) is 59.1 Å². The number of halogens is 1. The Morgan fingerprint density at radius 3 is 2.28 bits per heavy atom. The summed E-state index contributed by atoms with van der Waals surface area (Å²) in [6, 6.07) is 13.2. The molecule has 2 unspecified atom stereocenters. The first kappa shape index (κ1) is 18.1. The second-order valence-electron chi connectivity index (χ2n) is 5.57. The molecular formula is C16H16ClN3O3S2. The maximum atomic E-state index is 12.5. The van der Waals surface area contributed by atoms with E-state index in [0.717, 1.165) is 5.56 Å². The third-order valence-electron chi connectivity index (χ3n) is 3.74. The molecule has 1 heterocycles. The third kappa shape index (κ3) is 3.92. The molecule has 1 saturated heterocycles. The number of hydrazine groups is 1. The highest BCUT2D eigenvalue weighted by atomic mass is 35.5. The number of amides is 1. The van der Waals surface area contributed by atoms with Gasteiger partial charge in [0, 0.05) is 5.02 Å². The molecule has 6 nitrogen and oxygen atoms in total. The van der Waals surface area contributed by atoms with Crippen LogP contribution in [-0.2, 0) is 14.8 Å². The summed E-state index contributed by atoms with van der Waals surface area (Å²) in [5.74, 6) is -0.0551. The molecule has 2 atom stereocenters. The lowest BCUT2D eigenvalue weighted by Gasteiger charge is -2.25. The van der Waals surface area contributed by atoms with Crippen LogP contribution >= 0.6 is 23.4 Å². The predicted octanol–water partition coefficient (Wildman–Crippen LogP) is 2.98. The largest absolute Gasteiger partial charge is 0.295 e. The topological polar surface area (TPSA) is 92.5 Å². The van der Waals surface area contributed by atoms with Crippen molar-refractivity contribution in [1.82, 2.24) is 5.01 Å². The van der Waals surface area contributed by atoms with Crippen molar-refractivity contribution in [3.8, 4) is 0 Å². The van der Waals surface area contributed by atoms with Crippen LogP contribution < -0.4 is 10.6 Å². The fourth-order valence-corrected chi connectivity index (χ4v) is 4.30. The van der Waals surface area contributed by atoms with Gasteiger partial charge >= 0.3 is 0 Å². The molecule has 132 valence electrons. The fraction of sp³-hybridized carbons (Fsp3) is 0.188. The van der Waals surface area contributed by atoms with E-state index < -0.39 is 10.0 Å². The molecule has 2 aromatic carbocycles. The van der Waals surface area contributed by atoms with E-state index in [2.05, 4.69) is 5.43 Å². The van der Waals surface area contributed by atoms with E-state index in [0.29, 0.717) is 10.7 Å². The molecule has 1 aliphatic rings. The molecule has 9 heteroatoms. The molecule has 0 saturated carbocycles. The van der Waals surface area contributed by atoms with Gasteiger partial charge in [0.25, 0.3) is 5.91 Å². The van der Waals surface area contributed by atoms with E-state index >= 15 is 0 Å². The lowest BCUT2D eigenvalue weighted by atomic mass is 10.2. The van der Waals surface area contributed by atoms with Crippen LogP contribution in [0.5, 0.6) is 0 Å². The first-order chi connectivity index (χ1) is 11.8. The fourth-order valence-electron chi connectivity index (χ4n) is 2.45.